The summed E-state index contributed by atoms with van der Waals surface area (Å²) in [6.45, 7) is 8.65. The average Bonchev–Trinajstić information content (AvgIpc) is 2.63. The van der Waals surface area contributed by atoms with E-state index in [0.717, 1.165) is 25.3 Å². The highest BCUT2D eigenvalue weighted by atomic mass is 32.2. The van der Waals surface area contributed by atoms with Crippen molar-refractivity contribution >= 4 is 23.4 Å². The number of amides is 1. The topological polar surface area (TPSA) is 64.2 Å². The number of hydrogen-bond donors (Lipinski definition) is 1. The summed E-state index contributed by atoms with van der Waals surface area (Å²) in [5, 5.41) is 4.14. The number of nitrogen functional groups attached to an aromatic ring is 1. The van der Waals surface area contributed by atoms with E-state index in [9.17, 15) is 4.79 Å². The monoisotopic (exact) mass is 282 g/mol. The Morgan fingerprint density at radius 2 is 2.26 bits per heavy atom. The number of thioether (sulfide) groups is 1. The molecule has 5 nitrogen and oxygen atoms in total. The molecule has 0 bridgehead atoms. The van der Waals surface area contributed by atoms with Gasteiger partial charge in [-0.25, -0.2) is 0 Å². The van der Waals surface area contributed by atoms with Gasteiger partial charge in [-0.15, -0.1) is 0 Å². The van der Waals surface area contributed by atoms with Crippen molar-refractivity contribution in [1.82, 2.24) is 14.7 Å². The van der Waals surface area contributed by atoms with Gasteiger partial charge in [0.25, 0.3) is 5.91 Å². The Morgan fingerprint density at radius 1 is 1.53 bits per heavy atom. The largest absolute Gasteiger partial charge is 0.396 e. The van der Waals surface area contributed by atoms with Crippen LogP contribution in [0.1, 0.15) is 37.7 Å². The second kappa shape index (κ2) is 5.45. The van der Waals surface area contributed by atoms with Crippen molar-refractivity contribution in [2.75, 3.05) is 24.6 Å². The minimum atomic E-state index is 0.00940. The van der Waals surface area contributed by atoms with E-state index in [-0.39, 0.29) is 10.7 Å². The molecule has 0 radical (unpaired) electrons. The lowest BCUT2D eigenvalue weighted by Gasteiger charge is -2.23. The molecule has 6 heteroatoms. The summed E-state index contributed by atoms with van der Waals surface area (Å²) >= 11 is 1.93. The molecule has 1 fully saturated rings. The summed E-state index contributed by atoms with van der Waals surface area (Å²) in [5.41, 5.74) is 6.89. The highest BCUT2D eigenvalue weighted by molar-refractivity contribution is 8.00. The van der Waals surface area contributed by atoms with Crippen LogP contribution in [0.15, 0.2) is 6.20 Å². The maximum Gasteiger partial charge on any atom is 0.274 e. The highest BCUT2D eigenvalue weighted by Gasteiger charge is 2.28. The maximum absolute atomic E-state index is 12.6. The lowest BCUT2D eigenvalue weighted by molar-refractivity contribution is 0.0753. The minimum absolute atomic E-state index is 0.00940. The fraction of sp³-hybridized carbons (Fsp3) is 0.692. The second-order valence-corrected chi connectivity index (χ2v) is 7.22. The fourth-order valence-corrected chi connectivity index (χ4v) is 3.35. The molecule has 1 amide bonds. The molecule has 2 heterocycles. The number of aryl methyl sites for hydroxylation is 1. The number of carbonyl (C=O) groups is 1. The summed E-state index contributed by atoms with van der Waals surface area (Å²) in [5.74, 6) is 0.981. The lowest BCUT2D eigenvalue weighted by Crippen LogP contribution is -2.35. The number of aromatic nitrogens is 2. The molecule has 0 spiro atoms. The molecule has 0 unspecified atom stereocenters. The van der Waals surface area contributed by atoms with E-state index < -0.39 is 0 Å². The van der Waals surface area contributed by atoms with Crippen LogP contribution in [0.2, 0.25) is 0 Å². The van der Waals surface area contributed by atoms with Crippen LogP contribution in [-0.4, -0.2) is 44.2 Å². The molecule has 1 aliphatic heterocycles. The van der Waals surface area contributed by atoms with Gasteiger partial charge in [0.2, 0.25) is 0 Å². The Labute approximate surface area is 118 Å². The third-order valence-corrected chi connectivity index (χ3v) is 4.87. The van der Waals surface area contributed by atoms with Crippen LogP contribution in [-0.2, 0) is 6.54 Å². The third kappa shape index (κ3) is 3.05. The van der Waals surface area contributed by atoms with Gasteiger partial charge < -0.3 is 10.6 Å². The number of nitrogens with two attached hydrogens (primary N) is 1. The normalized spacial score (nSPS) is 19.2. The first-order valence-corrected chi connectivity index (χ1v) is 7.67. The summed E-state index contributed by atoms with van der Waals surface area (Å²) in [7, 11) is 0. The summed E-state index contributed by atoms with van der Waals surface area (Å²) < 4.78 is 1.92. The van der Waals surface area contributed by atoms with Gasteiger partial charge in [-0.3, -0.25) is 9.48 Å². The highest BCUT2D eigenvalue weighted by Crippen LogP contribution is 2.31. The van der Waals surface area contributed by atoms with Crippen molar-refractivity contribution in [3.05, 3.63) is 11.9 Å². The van der Waals surface area contributed by atoms with Crippen molar-refractivity contribution in [3.63, 3.8) is 0 Å². The van der Waals surface area contributed by atoms with Gasteiger partial charge in [0.15, 0.2) is 0 Å². The minimum Gasteiger partial charge on any atom is -0.396 e. The first-order valence-electron chi connectivity index (χ1n) is 6.69. The second-order valence-electron chi connectivity index (χ2n) is 5.41. The zero-order valence-electron chi connectivity index (χ0n) is 11.8. The van der Waals surface area contributed by atoms with Crippen molar-refractivity contribution in [2.24, 2.45) is 0 Å². The molecule has 1 aliphatic rings. The molecule has 0 aromatic carbocycles. The fourth-order valence-electron chi connectivity index (χ4n) is 2.25. The molecule has 19 heavy (non-hydrogen) atoms. The van der Waals surface area contributed by atoms with E-state index in [2.05, 4.69) is 18.9 Å². The van der Waals surface area contributed by atoms with E-state index >= 15 is 0 Å². The number of carbonyl (C=O) groups excluding carboxylic acids is 1. The first kappa shape index (κ1) is 14.2. The van der Waals surface area contributed by atoms with Gasteiger partial charge in [-0.1, -0.05) is 13.8 Å². The molecular weight excluding hydrogens is 260 g/mol. The van der Waals surface area contributed by atoms with E-state index in [0.29, 0.717) is 17.9 Å². The molecule has 0 saturated carbocycles. The molecule has 0 aliphatic carbocycles. The van der Waals surface area contributed by atoms with Crippen molar-refractivity contribution in [2.45, 2.75) is 38.5 Å². The van der Waals surface area contributed by atoms with Crippen LogP contribution in [0.25, 0.3) is 0 Å². The molecule has 1 aromatic rings. The quantitative estimate of drug-likeness (QED) is 0.899. The van der Waals surface area contributed by atoms with Crippen LogP contribution >= 0.6 is 11.8 Å². The van der Waals surface area contributed by atoms with Gasteiger partial charge in [-0.2, -0.15) is 16.9 Å². The van der Waals surface area contributed by atoms with Crippen LogP contribution < -0.4 is 5.73 Å². The zero-order chi connectivity index (χ0) is 14.0. The number of rotatable bonds is 2. The molecular formula is C13H22N4OS. The number of anilines is 1. The van der Waals surface area contributed by atoms with E-state index in [1.165, 1.54) is 0 Å². The molecule has 0 atom stereocenters. The first-order chi connectivity index (χ1) is 8.94. The molecule has 1 saturated heterocycles. The van der Waals surface area contributed by atoms with Crippen LogP contribution in [0.4, 0.5) is 5.69 Å². The third-order valence-electron chi connectivity index (χ3n) is 3.49. The molecule has 2 rings (SSSR count). The summed E-state index contributed by atoms with van der Waals surface area (Å²) in [6.07, 6.45) is 2.57. The Bertz CT molecular complexity index is 469. The predicted octanol–water partition coefficient (Wildman–Crippen LogP) is 1.84. The van der Waals surface area contributed by atoms with Gasteiger partial charge >= 0.3 is 0 Å². The standard InChI is InChI=1S/C13H22N4OS/c1-4-17-11(10(14)9-15-17)12(18)16-6-5-13(2,3)19-8-7-16/h9H,4-8,14H2,1-3H3. The maximum atomic E-state index is 12.6. The number of nitrogens with zero attached hydrogens (tertiary/aromatic N) is 3. The van der Waals surface area contributed by atoms with Crippen LogP contribution in [0.5, 0.6) is 0 Å². The number of hydrogen-bond acceptors (Lipinski definition) is 4. The van der Waals surface area contributed by atoms with E-state index in [1.54, 1.807) is 10.9 Å². The lowest BCUT2D eigenvalue weighted by atomic mass is 10.1. The van der Waals surface area contributed by atoms with E-state index in [1.807, 2.05) is 23.6 Å². The summed E-state index contributed by atoms with van der Waals surface area (Å²) in [4.78, 5) is 14.5. The average molecular weight is 282 g/mol. The van der Waals surface area contributed by atoms with E-state index in [4.69, 9.17) is 5.73 Å². The van der Waals surface area contributed by atoms with Crippen molar-refractivity contribution < 1.29 is 4.79 Å². The van der Waals surface area contributed by atoms with Crippen LogP contribution in [0.3, 0.4) is 0 Å². The van der Waals surface area contributed by atoms with Gasteiger partial charge in [0.05, 0.1) is 11.9 Å². The zero-order valence-corrected chi connectivity index (χ0v) is 12.7. The van der Waals surface area contributed by atoms with Gasteiger partial charge in [0.1, 0.15) is 5.69 Å². The van der Waals surface area contributed by atoms with Gasteiger partial charge in [-0.05, 0) is 13.3 Å². The Balaban J connectivity index is 2.17. The smallest absolute Gasteiger partial charge is 0.274 e. The molecule has 1 aromatic heterocycles. The Hall–Kier alpha value is -1.17. The SMILES string of the molecule is CCn1ncc(N)c1C(=O)N1CCSC(C)(C)CC1. The molecule has 106 valence electrons. The summed E-state index contributed by atoms with van der Waals surface area (Å²) in [6, 6.07) is 0. The van der Waals surface area contributed by atoms with Crippen molar-refractivity contribution in [3.8, 4) is 0 Å². The van der Waals surface area contributed by atoms with Crippen LogP contribution in [0, 0.1) is 0 Å². The van der Waals surface area contributed by atoms with Crippen molar-refractivity contribution in [1.29, 1.82) is 0 Å². The predicted molar refractivity (Wildman–Crippen MR) is 79.4 cm³/mol. The molecule has 2 N–H and O–H groups in total. The van der Waals surface area contributed by atoms with Gasteiger partial charge in [0, 0.05) is 30.1 Å². The Morgan fingerprint density at radius 3 is 2.95 bits per heavy atom. The Kier molecular flexibility index (Phi) is 4.08.